The maximum Gasteiger partial charge on any atom is 0.253 e. The van der Waals surface area contributed by atoms with E-state index in [1.807, 2.05) is 6.07 Å². The molecule has 1 saturated carbocycles. The van der Waals surface area contributed by atoms with E-state index in [1.165, 1.54) is 63.4 Å². The summed E-state index contributed by atoms with van der Waals surface area (Å²) in [4.78, 5) is 18.2. The molecule has 2 heterocycles. The molecule has 0 spiro atoms. The normalized spacial score (nSPS) is 16.2. The Hall–Kier alpha value is -2.28. The molecule has 2 aromatic heterocycles. The van der Waals surface area contributed by atoms with Crippen LogP contribution in [0.4, 0.5) is 0 Å². The van der Waals surface area contributed by atoms with Gasteiger partial charge in [0.15, 0.2) is 0 Å². The zero-order valence-electron chi connectivity index (χ0n) is 22.6. The molecule has 2 aliphatic rings. The summed E-state index contributed by atoms with van der Waals surface area (Å²) in [6.07, 6.45) is 14.6. The number of benzene rings is 1. The lowest BCUT2D eigenvalue weighted by Crippen LogP contribution is -2.30. The predicted octanol–water partition coefficient (Wildman–Crippen LogP) is 9.01. The van der Waals surface area contributed by atoms with Crippen molar-refractivity contribution in [2.45, 2.75) is 84.3 Å². The van der Waals surface area contributed by atoms with Gasteiger partial charge in [0.25, 0.3) is 5.91 Å². The van der Waals surface area contributed by atoms with Crippen molar-refractivity contribution in [2.24, 2.45) is 5.92 Å². The molecule has 0 radical (unpaired) electrons. The van der Waals surface area contributed by atoms with Gasteiger partial charge in [-0.25, -0.2) is 4.98 Å². The molecule has 1 amide bonds. The Bertz CT molecular complexity index is 1300. The summed E-state index contributed by atoms with van der Waals surface area (Å²) in [6.45, 7) is 3.99. The van der Waals surface area contributed by atoms with E-state index in [9.17, 15) is 4.79 Å². The van der Waals surface area contributed by atoms with Gasteiger partial charge in [0, 0.05) is 34.2 Å². The van der Waals surface area contributed by atoms with Gasteiger partial charge >= 0.3 is 0 Å². The lowest BCUT2D eigenvalue weighted by Gasteiger charge is -2.21. The fourth-order valence-electron chi connectivity index (χ4n) is 5.74. The summed E-state index contributed by atoms with van der Waals surface area (Å²) < 4.78 is 8.20. The van der Waals surface area contributed by atoms with Gasteiger partial charge < -0.3 is 14.6 Å². The zero-order chi connectivity index (χ0) is 27.2. The standard InChI is InChI=1S/C31H37Cl2N3O2S/c1-21-27(31(37)34-18-23-10-6-3-7-11-23)17-29(36(21)13-12-22-8-4-2-5-9-22)28-20-39-30(35-28)19-38-26-15-24(32)14-25(33)16-26/h8,14-17,20,23H,2-7,9-13,18-19H2,1H3,(H,34,37). The van der Waals surface area contributed by atoms with Crippen molar-refractivity contribution >= 4 is 40.4 Å². The van der Waals surface area contributed by atoms with Crippen LogP contribution in [0.15, 0.2) is 41.3 Å². The second-order valence-electron chi connectivity index (χ2n) is 10.8. The van der Waals surface area contributed by atoms with E-state index in [2.05, 4.69) is 28.3 Å². The van der Waals surface area contributed by atoms with Gasteiger partial charge in [-0.2, -0.15) is 0 Å². The number of amides is 1. The van der Waals surface area contributed by atoms with Crippen molar-refractivity contribution in [1.82, 2.24) is 14.9 Å². The second-order valence-corrected chi connectivity index (χ2v) is 12.6. The SMILES string of the molecule is Cc1c(C(=O)NCC2CCCCC2)cc(-c2csc(COc3cc(Cl)cc(Cl)c3)n2)n1CCC1=CCCCC1. The van der Waals surface area contributed by atoms with Gasteiger partial charge in [-0.1, -0.05) is 54.1 Å². The van der Waals surface area contributed by atoms with Gasteiger partial charge in [-0.3, -0.25) is 4.79 Å². The van der Waals surface area contributed by atoms with Crippen LogP contribution in [0.5, 0.6) is 5.75 Å². The summed E-state index contributed by atoms with van der Waals surface area (Å²) in [7, 11) is 0. The highest BCUT2D eigenvalue weighted by atomic mass is 35.5. The first-order valence-electron chi connectivity index (χ1n) is 14.2. The number of ether oxygens (including phenoxy) is 1. The van der Waals surface area contributed by atoms with Crippen LogP contribution >= 0.6 is 34.5 Å². The Morgan fingerprint density at radius 3 is 2.64 bits per heavy atom. The number of hydrogen-bond acceptors (Lipinski definition) is 4. The molecule has 0 bridgehead atoms. The van der Waals surface area contributed by atoms with E-state index in [0.29, 0.717) is 28.3 Å². The Morgan fingerprint density at radius 1 is 1.10 bits per heavy atom. The molecule has 1 N–H and O–H groups in total. The minimum absolute atomic E-state index is 0.0200. The highest BCUT2D eigenvalue weighted by Gasteiger charge is 2.22. The van der Waals surface area contributed by atoms with Gasteiger partial charge in [0.1, 0.15) is 17.4 Å². The van der Waals surface area contributed by atoms with Crippen LogP contribution in [0.2, 0.25) is 10.0 Å². The number of rotatable bonds is 10. The number of nitrogens with zero attached hydrogens (tertiary/aromatic N) is 2. The third-order valence-electron chi connectivity index (χ3n) is 7.94. The third-order valence-corrected chi connectivity index (χ3v) is 9.20. The summed E-state index contributed by atoms with van der Waals surface area (Å²) in [5.41, 5.74) is 5.13. The minimum atomic E-state index is 0.0200. The first-order chi connectivity index (χ1) is 19.0. The molecule has 39 heavy (non-hydrogen) atoms. The summed E-state index contributed by atoms with van der Waals surface area (Å²) in [6, 6.07) is 7.20. The fraction of sp³-hybridized carbons (Fsp3) is 0.484. The molecule has 8 heteroatoms. The highest BCUT2D eigenvalue weighted by Crippen LogP contribution is 2.31. The van der Waals surface area contributed by atoms with Crippen LogP contribution in [0, 0.1) is 12.8 Å². The molecule has 0 unspecified atom stereocenters. The molecular formula is C31H37Cl2N3O2S. The van der Waals surface area contributed by atoms with Crippen LogP contribution in [0.3, 0.4) is 0 Å². The Balaban J connectivity index is 1.34. The van der Waals surface area contributed by atoms with E-state index in [4.69, 9.17) is 32.9 Å². The largest absolute Gasteiger partial charge is 0.486 e. The second kappa shape index (κ2) is 13.4. The number of thiazole rings is 1. The van der Waals surface area contributed by atoms with Crippen LogP contribution < -0.4 is 10.1 Å². The van der Waals surface area contributed by atoms with Crippen molar-refractivity contribution in [3.05, 3.63) is 67.6 Å². The van der Waals surface area contributed by atoms with Gasteiger partial charge in [0.05, 0.1) is 17.0 Å². The summed E-state index contributed by atoms with van der Waals surface area (Å²) in [5, 5.41) is 7.21. The number of halogens is 2. The van der Waals surface area contributed by atoms with Gasteiger partial charge in [0.2, 0.25) is 0 Å². The van der Waals surface area contributed by atoms with Crippen molar-refractivity contribution in [3.63, 3.8) is 0 Å². The number of carbonyl (C=O) groups excluding carboxylic acids is 1. The van der Waals surface area contributed by atoms with E-state index < -0.39 is 0 Å². The van der Waals surface area contributed by atoms with E-state index in [1.54, 1.807) is 29.5 Å². The van der Waals surface area contributed by atoms with Crippen LogP contribution in [-0.2, 0) is 13.2 Å². The molecule has 0 atom stereocenters. The zero-order valence-corrected chi connectivity index (χ0v) is 24.9. The van der Waals surface area contributed by atoms with Crippen LogP contribution in [0.25, 0.3) is 11.4 Å². The van der Waals surface area contributed by atoms with Gasteiger partial charge in [-0.15, -0.1) is 11.3 Å². The third kappa shape index (κ3) is 7.47. The minimum Gasteiger partial charge on any atom is -0.486 e. The average Bonchev–Trinajstić information content (AvgIpc) is 3.54. The number of aromatic nitrogens is 2. The van der Waals surface area contributed by atoms with E-state index in [0.717, 1.165) is 47.2 Å². The topological polar surface area (TPSA) is 56.1 Å². The van der Waals surface area contributed by atoms with E-state index >= 15 is 0 Å². The smallest absolute Gasteiger partial charge is 0.253 e. The molecular weight excluding hydrogens is 549 g/mol. The maximum absolute atomic E-state index is 13.3. The molecule has 0 saturated heterocycles. The fourth-order valence-corrected chi connectivity index (χ4v) is 6.94. The quantitative estimate of drug-likeness (QED) is 0.241. The van der Waals surface area contributed by atoms with Crippen LogP contribution in [-0.4, -0.2) is 22.0 Å². The van der Waals surface area contributed by atoms with Crippen molar-refractivity contribution in [3.8, 4) is 17.1 Å². The van der Waals surface area contributed by atoms with Crippen molar-refractivity contribution < 1.29 is 9.53 Å². The van der Waals surface area contributed by atoms with Crippen LogP contribution in [0.1, 0.15) is 85.3 Å². The van der Waals surface area contributed by atoms with Gasteiger partial charge in [-0.05, 0) is 82.1 Å². The Labute approximate surface area is 245 Å². The molecule has 5 nitrogen and oxygen atoms in total. The summed E-state index contributed by atoms with van der Waals surface area (Å²) in [5.74, 6) is 1.23. The highest BCUT2D eigenvalue weighted by molar-refractivity contribution is 7.09. The lowest BCUT2D eigenvalue weighted by molar-refractivity contribution is 0.0943. The van der Waals surface area contributed by atoms with E-state index in [-0.39, 0.29) is 5.91 Å². The molecule has 1 fully saturated rings. The number of nitrogens with one attached hydrogen (secondary N) is 1. The number of hydrogen-bond donors (Lipinski definition) is 1. The number of carbonyl (C=O) groups is 1. The molecule has 1 aromatic carbocycles. The monoisotopic (exact) mass is 585 g/mol. The molecule has 0 aliphatic heterocycles. The molecule has 208 valence electrons. The van der Waals surface area contributed by atoms with Crippen molar-refractivity contribution in [1.29, 1.82) is 0 Å². The molecule has 2 aliphatic carbocycles. The molecule has 5 rings (SSSR count). The van der Waals surface area contributed by atoms with Crippen molar-refractivity contribution in [2.75, 3.05) is 6.54 Å². The maximum atomic E-state index is 13.3. The Morgan fingerprint density at radius 2 is 1.90 bits per heavy atom. The summed E-state index contributed by atoms with van der Waals surface area (Å²) >= 11 is 13.8. The molecule has 3 aromatic rings. The number of allylic oxidation sites excluding steroid dienone is 2. The first-order valence-corrected chi connectivity index (χ1v) is 15.8. The predicted molar refractivity (Wildman–Crippen MR) is 161 cm³/mol. The average molecular weight is 587 g/mol. The lowest BCUT2D eigenvalue weighted by atomic mass is 9.89. The first kappa shape index (κ1) is 28.3. The Kier molecular flexibility index (Phi) is 9.70.